The first-order chi connectivity index (χ1) is 6.83. The summed E-state index contributed by atoms with van der Waals surface area (Å²) in [4.78, 5) is 0. The maximum atomic E-state index is 4.00. The van der Waals surface area contributed by atoms with Gasteiger partial charge in [-0.25, -0.2) is 0 Å². The summed E-state index contributed by atoms with van der Waals surface area (Å²) in [7, 11) is 0. The Morgan fingerprint density at radius 2 is 2.00 bits per heavy atom. The summed E-state index contributed by atoms with van der Waals surface area (Å²) in [5, 5.41) is 3.31. The van der Waals surface area contributed by atoms with Gasteiger partial charge in [-0.05, 0) is 24.8 Å². The third kappa shape index (κ3) is 4.13. The first-order valence-corrected chi connectivity index (χ1v) is 5.28. The molecule has 0 bridgehead atoms. The molecule has 1 heteroatoms. The second kappa shape index (κ2) is 6.25. The molecule has 0 aliphatic carbocycles. The quantitative estimate of drug-likeness (QED) is 0.725. The minimum absolute atomic E-state index is 1.03. The number of hydrogen-bond donors (Lipinski definition) is 1. The molecule has 0 radical (unpaired) electrons. The van der Waals surface area contributed by atoms with Crippen LogP contribution in [0.15, 0.2) is 42.6 Å². The number of nitrogens with one attached hydrogen (secondary N) is 1. The lowest BCUT2D eigenvalue weighted by molar-refractivity contribution is 0.727. The molecule has 0 aliphatic heterocycles. The Labute approximate surface area is 86.8 Å². The Bertz CT molecular complexity index is 264. The van der Waals surface area contributed by atoms with Crippen molar-refractivity contribution in [2.45, 2.75) is 26.2 Å². The van der Waals surface area contributed by atoms with Crippen molar-refractivity contribution >= 4 is 0 Å². The summed E-state index contributed by atoms with van der Waals surface area (Å²) in [6.07, 6.45) is 3.27. The summed E-state index contributed by atoms with van der Waals surface area (Å²) in [6, 6.07) is 10.5. The highest BCUT2D eigenvalue weighted by Gasteiger charge is 1.94. The molecule has 0 spiro atoms. The third-order valence-electron chi connectivity index (χ3n) is 2.18. The molecule has 0 heterocycles. The Balaban J connectivity index is 2.24. The van der Waals surface area contributed by atoms with Crippen molar-refractivity contribution in [3.05, 3.63) is 48.2 Å². The molecule has 14 heavy (non-hydrogen) atoms. The third-order valence-corrected chi connectivity index (χ3v) is 2.18. The summed E-state index contributed by atoms with van der Waals surface area (Å²) in [5.74, 6) is 0. The molecule has 1 rings (SSSR count). The maximum Gasteiger partial charge on any atom is 0.0141 e. The molecular formula is C13H19N. The van der Waals surface area contributed by atoms with Gasteiger partial charge in [-0.3, -0.25) is 0 Å². The summed E-state index contributed by atoms with van der Waals surface area (Å²) in [6.45, 7) is 7.20. The van der Waals surface area contributed by atoms with Gasteiger partial charge < -0.3 is 5.32 Å². The monoisotopic (exact) mass is 189 g/mol. The van der Waals surface area contributed by atoms with Crippen LogP contribution in [0.4, 0.5) is 0 Å². The second-order valence-electron chi connectivity index (χ2n) is 3.52. The van der Waals surface area contributed by atoms with Crippen molar-refractivity contribution in [2.75, 3.05) is 6.54 Å². The van der Waals surface area contributed by atoms with Gasteiger partial charge in [0.05, 0.1) is 0 Å². The van der Waals surface area contributed by atoms with Gasteiger partial charge in [0.1, 0.15) is 0 Å². The van der Waals surface area contributed by atoms with E-state index in [1.54, 1.807) is 0 Å². The van der Waals surface area contributed by atoms with Crippen molar-refractivity contribution in [3.63, 3.8) is 0 Å². The van der Waals surface area contributed by atoms with Crippen LogP contribution in [0, 0.1) is 0 Å². The first-order valence-electron chi connectivity index (χ1n) is 5.28. The molecule has 0 aromatic heterocycles. The molecule has 0 saturated carbocycles. The van der Waals surface area contributed by atoms with Crippen LogP contribution in [0.25, 0.3) is 0 Å². The van der Waals surface area contributed by atoms with E-state index in [0.29, 0.717) is 0 Å². The molecule has 0 atom stereocenters. The van der Waals surface area contributed by atoms with Gasteiger partial charge in [0, 0.05) is 12.2 Å². The van der Waals surface area contributed by atoms with Crippen LogP contribution in [0.1, 0.15) is 25.3 Å². The summed E-state index contributed by atoms with van der Waals surface area (Å²) >= 11 is 0. The van der Waals surface area contributed by atoms with Crippen LogP contribution in [0.2, 0.25) is 0 Å². The van der Waals surface area contributed by atoms with Gasteiger partial charge in [-0.2, -0.15) is 0 Å². The van der Waals surface area contributed by atoms with E-state index in [1.165, 1.54) is 5.56 Å². The molecule has 1 aromatic rings. The van der Waals surface area contributed by atoms with E-state index in [2.05, 4.69) is 43.1 Å². The Morgan fingerprint density at radius 1 is 1.29 bits per heavy atom. The SMILES string of the molecule is C=C(CCc1ccccc1)NCCC. The molecule has 0 aliphatic rings. The van der Waals surface area contributed by atoms with Gasteiger partial charge in [-0.1, -0.05) is 43.8 Å². The fraction of sp³-hybridized carbons (Fsp3) is 0.385. The highest BCUT2D eigenvalue weighted by atomic mass is 14.9. The Morgan fingerprint density at radius 3 is 2.64 bits per heavy atom. The van der Waals surface area contributed by atoms with Crippen molar-refractivity contribution < 1.29 is 0 Å². The molecular weight excluding hydrogens is 170 g/mol. The minimum atomic E-state index is 1.03. The minimum Gasteiger partial charge on any atom is -0.389 e. The normalized spacial score (nSPS) is 9.79. The molecule has 0 unspecified atom stereocenters. The predicted octanol–water partition coefficient (Wildman–Crippen LogP) is 3.13. The fourth-order valence-electron chi connectivity index (χ4n) is 1.33. The molecule has 1 N–H and O–H groups in total. The lowest BCUT2D eigenvalue weighted by Gasteiger charge is -2.07. The van der Waals surface area contributed by atoms with Gasteiger partial charge in [0.2, 0.25) is 0 Å². The van der Waals surface area contributed by atoms with Gasteiger partial charge >= 0.3 is 0 Å². The topological polar surface area (TPSA) is 12.0 Å². The zero-order valence-corrected chi connectivity index (χ0v) is 8.92. The van der Waals surface area contributed by atoms with Crippen LogP contribution in [0.3, 0.4) is 0 Å². The fourth-order valence-corrected chi connectivity index (χ4v) is 1.33. The standard InChI is InChI=1S/C13H19N/c1-3-11-14-12(2)9-10-13-7-5-4-6-8-13/h4-8,14H,2-3,9-11H2,1H3. The van der Waals surface area contributed by atoms with Gasteiger partial charge in [-0.15, -0.1) is 0 Å². The predicted molar refractivity (Wildman–Crippen MR) is 62.2 cm³/mol. The average Bonchev–Trinajstić information content (AvgIpc) is 2.25. The molecule has 76 valence electrons. The highest BCUT2D eigenvalue weighted by Crippen LogP contribution is 2.05. The van der Waals surface area contributed by atoms with E-state index in [4.69, 9.17) is 0 Å². The van der Waals surface area contributed by atoms with E-state index >= 15 is 0 Å². The molecule has 0 amide bonds. The van der Waals surface area contributed by atoms with E-state index in [1.807, 2.05) is 6.07 Å². The Kier molecular flexibility index (Phi) is 4.84. The summed E-state index contributed by atoms with van der Waals surface area (Å²) in [5.41, 5.74) is 2.53. The molecule has 0 fully saturated rings. The van der Waals surface area contributed by atoms with Crippen LogP contribution < -0.4 is 5.32 Å². The Hall–Kier alpha value is -1.24. The van der Waals surface area contributed by atoms with E-state index in [-0.39, 0.29) is 0 Å². The molecule has 1 aromatic carbocycles. The van der Waals surface area contributed by atoms with Crippen LogP contribution in [-0.2, 0) is 6.42 Å². The number of aryl methyl sites for hydroxylation is 1. The lowest BCUT2D eigenvalue weighted by atomic mass is 10.1. The van der Waals surface area contributed by atoms with Crippen molar-refractivity contribution in [1.29, 1.82) is 0 Å². The van der Waals surface area contributed by atoms with Crippen LogP contribution >= 0.6 is 0 Å². The van der Waals surface area contributed by atoms with E-state index in [0.717, 1.165) is 31.5 Å². The zero-order valence-electron chi connectivity index (χ0n) is 8.92. The molecule has 0 saturated heterocycles. The van der Waals surface area contributed by atoms with Gasteiger partial charge in [0.15, 0.2) is 0 Å². The summed E-state index contributed by atoms with van der Waals surface area (Å²) < 4.78 is 0. The highest BCUT2D eigenvalue weighted by molar-refractivity contribution is 5.15. The van der Waals surface area contributed by atoms with Crippen LogP contribution in [-0.4, -0.2) is 6.54 Å². The second-order valence-corrected chi connectivity index (χ2v) is 3.52. The first kappa shape index (κ1) is 10.8. The smallest absolute Gasteiger partial charge is 0.0141 e. The zero-order chi connectivity index (χ0) is 10.2. The number of hydrogen-bond acceptors (Lipinski definition) is 1. The van der Waals surface area contributed by atoms with Crippen LogP contribution in [0.5, 0.6) is 0 Å². The number of allylic oxidation sites excluding steroid dienone is 1. The van der Waals surface area contributed by atoms with E-state index < -0.39 is 0 Å². The largest absolute Gasteiger partial charge is 0.389 e. The van der Waals surface area contributed by atoms with Gasteiger partial charge in [0.25, 0.3) is 0 Å². The van der Waals surface area contributed by atoms with Crippen molar-refractivity contribution in [1.82, 2.24) is 5.32 Å². The number of benzene rings is 1. The lowest BCUT2D eigenvalue weighted by Crippen LogP contribution is -2.13. The maximum absolute atomic E-state index is 4.00. The van der Waals surface area contributed by atoms with E-state index in [9.17, 15) is 0 Å². The average molecular weight is 189 g/mol. The number of rotatable bonds is 6. The molecule has 1 nitrogen and oxygen atoms in total. The van der Waals surface area contributed by atoms with Crippen molar-refractivity contribution in [3.8, 4) is 0 Å². The van der Waals surface area contributed by atoms with Crippen molar-refractivity contribution in [2.24, 2.45) is 0 Å².